The van der Waals surface area contributed by atoms with Gasteiger partial charge in [-0.3, -0.25) is 4.79 Å². The van der Waals surface area contributed by atoms with Gasteiger partial charge in [-0.15, -0.1) is 11.3 Å². The fourth-order valence-electron chi connectivity index (χ4n) is 2.10. The second-order valence-electron chi connectivity index (χ2n) is 5.34. The van der Waals surface area contributed by atoms with Crippen LogP contribution in [-0.2, 0) is 0 Å². The molecule has 5 heteroatoms. The van der Waals surface area contributed by atoms with E-state index in [1.165, 1.54) is 16.9 Å². The molecule has 22 heavy (non-hydrogen) atoms. The minimum atomic E-state index is -0.188. The number of amides is 1. The van der Waals surface area contributed by atoms with Crippen LogP contribution >= 0.6 is 11.3 Å². The first-order valence-electron chi connectivity index (χ1n) is 7.13. The number of anilines is 1. The van der Waals surface area contributed by atoms with Crippen molar-refractivity contribution in [2.75, 3.05) is 5.32 Å². The van der Waals surface area contributed by atoms with Gasteiger partial charge in [-0.1, -0.05) is 26.0 Å². The summed E-state index contributed by atoms with van der Waals surface area (Å²) < 4.78 is 1.89. The third kappa shape index (κ3) is 3.09. The van der Waals surface area contributed by atoms with Crippen molar-refractivity contribution in [3.63, 3.8) is 0 Å². The molecule has 112 valence electrons. The van der Waals surface area contributed by atoms with E-state index in [1.807, 2.05) is 53.4 Å². The summed E-state index contributed by atoms with van der Waals surface area (Å²) in [5.41, 5.74) is 2.47. The predicted octanol–water partition coefficient (Wildman–Crippen LogP) is 4.31. The molecule has 0 saturated carbocycles. The molecule has 1 aromatic carbocycles. The van der Waals surface area contributed by atoms with Crippen molar-refractivity contribution in [1.82, 2.24) is 9.55 Å². The van der Waals surface area contributed by atoms with Crippen molar-refractivity contribution < 1.29 is 4.79 Å². The first-order chi connectivity index (χ1) is 10.6. The Balaban J connectivity index is 1.72. The van der Waals surface area contributed by atoms with Crippen molar-refractivity contribution in [2.45, 2.75) is 19.8 Å². The van der Waals surface area contributed by atoms with Gasteiger partial charge in [-0.05, 0) is 35.7 Å². The Kier molecular flexibility index (Phi) is 4.06. The average Bonchev–Trinajstić information content (AvgIpc) is 3.19. The van der Waals surface area contributed by atoms with E-state index in [0.717, 1.165) is 10.8 Å². The molecule has 0 bridgehead atoms. The average molecular weight is 311 g/mol. The van der Waals surface area contributed by atoms with Crippen LogP contribution in [0.2, 0.25) is 0 Å². The van der Waals surface area contributed by atoms with E-state index in [2.05, 4.69) is 24.1 Å². The maximum absolute atomic E-state index is 12.2. The van der Waals surface area contributed by atoms with Gasteiger partial charge in [-0.25, -0.2) is 4.98 Å². The van der Waals surface area contributed by atoms with E-state index in [0.29, 0.717) is 11.6 Å². The van der Waals surface area contributed by atoms with E-state index in [-0.39, 0.29) is 5.91 Å². The Labute approximate surface area is 133 Å². The van der Waals surface area contributed by atoms with E-state index < -0.39 is 0 Å². The van der Waals surface area contributed by atoms with Crippen LogP contribution in [0.3, 0.4) is 0 Å². The molecule has 0 atom stereocenters. The first kappa shape index (κ1) is 14.5. The van der Waals surface area contributed by atoms with E-state index in [4.69, 9.17) is 0 Å². The van der Waals surface area contributed by atoms with Crippen molar-refractivity contribution in [1.29, 1.82) is 0 Å². The van der Waals surface area contributed by atoms with Gasteiger partial charge in [0.25, 0.3) is 5.91 Å². The molecule has 0 aliphatic heterocycles. The monoisotopic (exact) mass is 311 g/mol. The zero-order chi connectivity index (χ0) is 15.5. The zero-order valence-corrected chi connectivity index (χ0v) is 13.3. The Hall–Kier alpha value is -2.40. The maximum atomic E-state index is 12.2. The number of nitrogens with zero attached hydrogens (tertiary/aromatic N) is 2. The van der Waals surface area contributed by atoms with E-state index in [9.17, 15) is 4.79 Å². The Morgan fingerprint density at radius 1 is 1.18 bits per heavy atom. The van der Waals surface area contributed by atoms with Crippen LogP contribution in [0.25, 0.3) is 5.13 Å². The molecule has 0 aliphatic rings. The number of benzene rings is 1. The highest BCUT2D eigenvalue weighted by atomic mass is 32.1. The van der Waals surface area contributed by atoms with Crippen LogP contribution in [0.15, 0.2) is 54.2 Å². The predicted molar refractivity (Wildman–Crippen MR) is 89.9 cm³/mol. The van der Waals surface area contributed by atoms with Gasteiger partial charge >= 0.3 is 0 Å². The molecular formula is C17H17N3OS. The van der Waals surface area contributed by atoms with Crippen molar-refractivity contribution in [3.05, 3.63) is 65.4 Å². The number of aromatic nitrogens is 2. The molecule has 0 saturated heterocycles. The Bertz CT molecular complexity index is 758. The van der Waals surface area contributed by atoms with Crippen LogP contribution in [-0.4, -0.2) is 15.5 Å². The molecule has 0 spiro atoms. The molecular weight excluding hydrogens is 294 g/mol. The fourth-order valence-corrected chi connectivity index (χ4v) is 2.87. The lowest BCUT2D eigenvalue weighted by molar-refractivity contribution is 0.102. The topological polar surface area (TPSA) is 46.9 Å². The molecule has 0 fully saturated rings. The zero-order valence-electron chi connectivity index (χ0n) is 12.5. The molecule has 4 nitrogen and oxygen atoms in total. The van der Waals surface area contributed by atoms with E-state index in [1.54, 1.807) is 5.38 Å². The fraction of sp³-hybridized carbons (Fsp3) is 0.176. The van der Waals surface area contributed by atoms with Crippen LogP contribution in [0.4, 0.5) is 5.69 Å². The lowest BCUT2D eigenvalue weighted by Crippen LogP contribution is -2.12. The third-order valence-corrected chi connectivity index (χ3v) is 4.24. The summed E-state index contributed by atoms with van der Waals surface area (Å²) in [4.78, 5) is 16.6. The summed E-state index contributed by atoms with van der Waals surface area (Å²) in [7, 11) is 0. The van der Waals surface area contributed by atoms with Crippen molar-refractivity contribution in [2.24, 2.45) is 0 Å². The van der Waals surface area contributed by atoms with Crippen LogP contribution in [0.1, 0.15) is 35.8 Å². The maximum Gasteiger partial charge on any atom is 0.275 e. The quantitative estimate of drug-likeness (QED) is 0.780. The van der Waals surface area contributed by atoms with Gasteiger partial charge in [0, 0.05) is 23.5 Å². The minimum absolute atomic E-state index is 0.188. The second kappa shape index (κ2) is 6.15. The van der Waals surface area contributed by atoms with Crippen LogP contribution < -0.4 is 5.32 Å². The Morgan fingerprint density at radius 3 is 2.50 bits per heavy atom. The van der Waals surface area contributed by atoms with Crippen molar-refractivity contribution in [3.8, 4) is 5.13 Å². The highest BCUT2D eigenvalue weighted by molar-refractivity contribution is 7.12. The lowest BCUT2D eigenvalue weighted by atomic mass is 10.0. The number of rotatable bonds is 4. The highest BCUT2D eigenvalue weighted by Gasteiger charge is 2.12. The van der Waals surface area contributed by atoms with Crippen LogP contribution in [0, 0.1) is 0 Å². The summed E-state index contributed by atoms with van der Waals surface area (Å²) in [5, 5.41) is 5.43. The minimum Gasteiger partial charge on any atom is -0.321 e. The summed E-state index contributed by atoms with van der Waals surface area (Å²) >= 11 is 1.44. The highest BCUT2D eigenvalue weighted by Crippen LogP contribution is 2.19. The molecule has 0 unspecified atom stereocenters. The second-order valence-corrected chi connectivity index (χ2v) is 6.17. The van der Waals surface area contributed by atoms with Gasteiger partial charge in [0.05, 0.1) is 0 Å². The Morgan fingerprint density at radius 2 is 1.86 bits per heavy atom. The molecule has 2 heterocycles. The molecule has 0 radical (unpaired) electrons. The van der Waals surface area contributed by atoms with Gasteiger partial charge in [-0.2, -0.15) is 0 Å². The molecule has 2 aromatic heterocycles. The normalized spacial score (nSPS) is 10.9. The molecule has 1 amide bonds. The smallest absolute Gasteiger partial charge is 0.275 e. The summed E-state index contributed by atoms with van der Waals surface area (Å²) in [6, 6.07) is 11.8. The number of hydrogen-bond donors (Lipinski definition) is 1. The summed E-state index contributed by atoms with van der Waals surface area (Å²) in [6.07, 6.45) is 3.82. The van der Waals surface area contributed by atoms with E-state index >= 15 is 0 Å². The van der Waals surface area contributed by atoms with Gasteiger partial charge in [0.15, 0.2) is 5.13 Å². The number of carbonyl (C=O) groups excluding carboxylic acids is 1. The van der Waals surface area contributed by atoms with Gasteiger partial charge < -0.3 is 9.88 Å². The third-order valence-electron chi connectivity index (χ3n) is 3.39. The SMILES string of the molecule is CC(C)c1ccc(NC(=O)c2csc(-n3cccc3)n2)cc1. The number of hydrogen-bond acceptors (Lipinski definition) is 3. The van der Waals surface area contributed by atoms with Gasteiger partial charge in [0.1, 0.15) is 5.69 Å². The first-order valence-corrected chi connectivity index (χ1v) is 8.01. The summed E-state index contributed by atoms with van der Waals surface area (Å²) in [6.45, 7) is 4.29. The van der Waals surface area contributed by atoms with Gasteiger partial charge in [0.2, 0.25) is 0 Å². The molecule has 3 rings (SSSR count). The van der Waals surface area contributed by atoms with Crippen LogP contribution in [0.5, 0.6) is 0 Å². The lowest BCUT2D eigenvalue weighted by Gasteiger charge is -2.07. The molecule has 3 aromatic rings. The molecule has 0 aliphatic carbocycles. The number of nitrogens with one attached hydrogen (secondary N) is 1. The largest absolute Gasteiger partial charge is 0.321 e. The van der Waals surface area contributed by atoms with Crippen molar-refractivity contribution >= 4 is 22.9 Å². The molecule has 1 N–H and O–H groups in total. The summed E-state index contributed by atoms with van der Waals surface area (Å²) in [5.74, 6) is 0.291. The standard InChI is InChI=1S/C17H17N3OS/c1-12(2)13-5-7-14(8-6-13)18-16(21)15-11-22-17(19-15)20-9-3-4-10-20/h3-12H,1-2H3,(H,18,21). The number of thiazole rings is 1. The number of carbonyl (C=O) groups is 1.